The van der Waals surface area contributed by atoms with Crippen LogP contribution in [0.15, 0.2) is 60.8 Å². The van der Waals surface area contributed by atoms with Crippen LogP contribution >= 0.6 is 11.6 Å². The number of nitrogens with zero attached hydrogens (tertiary/aromatic N) is 2. The zero-order valence-electron chi connectivity index (χ0n) is 14.9. The molecule has 2 aromatic carbocycles. The van der Waals surface area contributed by atoms with Crippen molar-refractivity contribution in [1.82, 2.24) is 9.78 Å². The summed E-state index contributed by atoms with van der Waals surface area (Å²) in [6, 6.07) is 16.5. The SMILES string of the molecule is CCOc1ccccc1OCC(=O)Nc1ccnn1Cc1cccc(Cl)c1. The number of ether oxygens (including phenoxy) is 2. The number of halogens is 1. The lowest BCUT2D eigenvalue weighted by atomic mass is 10.2. The molecule has 27 heavy (non-hydrogen) atoms. The van der Waals surface area contributed by atoms with Crippen molar-refractivity contribution in [2.45, 2.75) is 13.5 Å². The minimum absolute atomic E-state index is 0.133. The average Bonchev–Trinajstić information content (AvgIpc) is 3.08. The topological polar surface area (TPSA) is 65.4 Å². The third-order valence-corrected chi connectivity index (χ3v) is 3.95. The van der Waals surface area contributed by atoms with E-state index in [2.05, 4.69) is 10.4 Å². The predicted octanol–water partition coefficient (Wildman–Crippen LogP) is 4.00. The molecule has 0 spiro atoms. The number of aromatic nitrogens is 2. The van der Waals surface area contributed by atoms with E-state index in [0.717, 1.165) is 5.56 Å². The highest BCUT2D eigenvalue weighted by molar-refractivity contribution is 6.30. The molecule has 6 nitrogen and oxygen atoms in total. The number of para-hydroxylation sites is 2. The number of amides is 1. The maximum absolute atomic E-state index is 12.3. The van der Waals surface area contributed by atoms with Gasteiger partial charge in [0.2, 0.25) is 0 Å². The standard InChI is InChI=1S/C20H20ClN3O3/c1-2-26-17-8-3-4-9-18(17)27-14-20(25)23-19-10-11-22-24(19)13-15-6-5-7-16(21)12-15/h3-12H,2,13-14H2,1H3,(H,23,25). The van der Waals surface area contributed by atoms with Crippen LogP contribution in [0.25, 0.3) is 0 Å². The normalized spacial score (nSPS) is 10.4. The molecule has 0 saturated carbocycles. The van der Waals surface area contributed by atoms with Crippen LogP contribution in [-0.4, -0.2) is 28.9 Å². The Morgan fingerprint density at radius 1 is 1.11 bits per heavy atom. The molecule has 0 atom stereocenters. The fourth-order valence-electron chi connectivity index (χ4n) is 2.54. The third-order valence-electron chi connectivity index (χ3n) is 3.71. The van der Waals surface area contributed by atoms with Gasteiger partial charge in [0, 0.05) is 11.1 Å². The van der Waals surface area contributed by atoms with Crippen molar-refractivity contribution in [1.29, 1.82) is 0 Å². The van der Waals surface area contributed by atoms with Crippen LogP contribution in [0, 0.1) is 0 Å². The van der Waals surface area contributed by atoms with Gasteiger partial charge in [0.25, 0.3) is 5.91 Å². The molecule has 140 valence electrons. The zero-order valence-corrected chi connectivity index (χ0v) is 15.6. The monoisotopic (exact) mass is 385 g/mol. The Balaban J connectivity index is 1.60. The molecule has 0 unspecified atom stereocenters. The van der Waals surface area contributed by atoms with Gasteiger partial charge in [-0.3, -0.25) is 4.79 Å². The van der Waals surface area contributed by atoms with Crippen LogP contribution in [0.4, 0.5) is 5.82 Å². The molecule has 1 amide bonds. The van der Waals surface area contributed by atoms with Gasteiger partial charge in [-0.2, -0.15) is 5.10 Å². The van der Waals surface area contributed by atoms with Gasteiger partial charge < -0.3 is 14.8 Å². The number of hydrogen-bond acceptors (Lipinski definition) is 4. The highest BCUT2D eigenvalue weighted by atomic mass is 35.5. The molecule has 3 aromatic rings. The van der Waals surface area contributed by atoms with Gasteiger partial charge in [0.1, 0.15) is 5.82 Å². The van der Waals surface area contributed by atoms with E-state index >= 15 is 0 Å². The summed E-state index contributed by atoms with van der Waals surface area (Å²) in [6.45, 7) is 2.78. The molecule has 1 heterocycles. The molecule has 1 N–H and O–H groups in total. The summed E-state index contributed by atoms with van der Waals surface area (Å²) < 4.78 is 12.8. The van der Waals surface area contributed by atoms with Crippen molar-refractivity contribution in [3.8, 4) is 11.5 Å². The fraction of sp³-hybridized carbons (Fsp3) is 0.200. The van der Waals surface area contributed by atoms with E-state index in [-0.39, 0.29) is 12.5 Å². The lowest BCUT2D eigenvalue weighted by molar-refractivity contribution is -0.118. The molecule has 0 aliphatic heterocycles. The van der Waals surface area contributed by atoms with E-state index in [9.17, 15) is 4.79 Å². The van der Waals surface area contributed by atoms with E-state index in [0.29, 0.717) is 35.5 Å². The number of carbonyl (C=O) groups is 1. The summed E-state index contributed by atoms with van der Waals surface area (Å²) in [5.41, 5.74) is 0.989. The van der Waals surface area contributed by atoms with Crippen molar-refractivity contribution in [3.63, 3.8) is 0 Å². The van der Waals surface area contributed by atoms with E-state index < -0.39 is 0 Å². The van der Waals surface area contributed by atoms with Crippen LogP contribution in [0.1, 0.15) is 12.5 Å². The molecular weight excluding hydrogens is 366 g/mol. The summed E-state index contributed by atoms with van der Waals surface area (Å²) in [5.74, 6) is 1.44. The van der Waals surface area contributed by atoms with Gasteiger partial charge in [-0.1, -0.05) is 35.9 Å². The van der Waals surface area contributed by atoms with Gasteiger partial charge in [-0.15, -0.1) is 0 Å². The Kier molecular flexibility index (Phi) is 6.33. The lowest BCUT2D eigenvalue weighted by Gasteiger charge is -2.12. The van der Waals surface area contributed by atoms with Crippen molar-refractivity contribution in [2.75, 3.05) is 18.5 Å². The second kappa shape index (κ2) is 9.09. The van der Waals surface area contributed by atoms with Crippen molar-refractivity contribution >= 4 is 23.3 Å². The smallest absolute Gasteiger partial charge is 0.263 e. The first-order valence-electron chi connectivity index (χ1n) is 8.56. The van der Waals surface area contributed by atoms with Crippen LogP contribution < -0.4 is 14.8 Å². The Morgan fingerprint density at radius 3 is 2.63 bits per heavy atom. The van der Waals surface area contributed by atoms with Gasteiger partial charge in [0.05, 0.1) is 19.3 Å². The van der Waals surface area contributed by atoms with Gasteiger partial charge >= 0.3 is 0 Å². The third kappa shape index (κ3) is 5.24. The van der Waals surface area contributed by atoms with E-state index in [1.165, 1.54) is 0 Å². The molecule has 3 rings (SSSR count). The van der Waals surface area contributed by atoms with Crippen LogP contribution in [0.5, 0.6) is 11.5 Å². The average molecular weight is 386 g/mol. The summed E-state index contributed by atoms with van der Waals surface area (Å²) in [6.07, 6.45) is 1.63. The van der Waals surface area contributed by atoms with Gasteiger partial charge in [-0.25, -0.2) is 4.68 Å². The zero-order chi connectivity index (χ0) is 19.1. The van der Waals surface area contributed by atoms with Crippen molar-refractivity contribution in [3.05, 3.63) is 71.4 Å². The summed E-state index contributed by atoms with van der Waals surface area (Å²) in [7, 11) is 0. The molecule has 0 fully saturated rings. The summed E-state index contributed by atoms with van der Waals surface area (Å²) in [4.78, 5) is 12.3. The van der Waals surface area contributed by atoms with E-state index in [1.807, 2.05) is 43.3 Å². The second-order valence-corrected chi connectivity index (χ2v) is 6.16. The minimum Gasteiger partial charge on any atom is -0.490 e. The quantitative estimate of drug-likeness (QED) is 0.636. The maximum atomic E-state index is 12.3. The van der Waals surface area contributed by atoms with Crippen LogP contribution in [-0.2, 0) is 11.3 Å². The first-order valence-corrected chi connectivity index (χ1v) is 8.94. The minimum atomic E-state index is -0.283. The molecule has 1 aromatic heterocycles. The predicted molar refractivity (Wildman–Crippen MR) is 105 cm³/mol. The summed E-state index contributed by atoms with van der Waals surface area (Å²) in [5, 5.41) is 7.72. The summed E-state index contributed by atoms with van der Waals surface area (Å²) >= 11 is 6.02. The number of carbonyl (C=O) groups excluding carboxylic acids is 1. The Hall–Kier alpha value is -2.99. The van der Waals surface area contributed by atoms with E-state index in [4.69, 9.17) is 21.1 Å². The fourth-order valence-corrected chi connectivity index (χ4v) is 2.75. The second-order valence-electron chi connectivity index (χ2n) is 5.72. The van der Waals surface area contributed by atoms with Crippen molar-refractivity contribution < 1.29 is 14.3 Å². The molecule has 7 heteroatoms. The molecular formula is C20H20ClN3O3. The first-order chi connectivity index (χ1) is 13.2. The molecule has 0 aliphatic rings. The maximum Gasteiger partial charge on any atom is 0.263 e. The lowest BCUT2D eigenvalue weighted by Crippen LogP contribution is -2.22. The molecule has 0 aliphatic carbocycles. The van der Waals surface area contributed by atoms with Gasteiger partial charge in [0.15, 0.2) is 18.1 Å². The Bertz CT molecular complexity index is 911. The largest absolute Gasteiger partial charge is 0.490 e. The van der Waals surface area contributed by atoms with Crippen molar-refractivity contribution in [2.24, 2.45) is 0 Å². The number of nitrogens with one attached hydrogen (secondary N) is 1. The first kappa shape index (κ1) is 18.8. The number of hydrogen-bond donors (Lipinski definition) is 1. The Labute approximate surface area is 162 Å². The van der Waals surface area contributed by atoms with Crippen LogP contribution in [0.2, 0.25) is 5.02 Å². The molecule has 0 radical (unpaired) electrons. The Morgan fingerprint density at radius 2 is 1.89 bits per heavy atom. The highest BCUT2D eigenvalue weighted by Gasteiger charge is 2.11. The van der Waals surface area contributed by atoms with E-state index in [1.54, 1.807) is 29.1 Å². The van der Waals surface area contributed by atoms with Crippen LogP contribution in [0.3, 0.4) is 0 Å². The molecule has 0 saturated heterocycles. The number of rotatable bonds is 8. The molecule has 0 bridgehead atoms. The highest BCUT2D eigenvalue weighted by Crippen LogP contribution is 2.26. The van der Waals surface area contributed by atoms with Gasteiger partial charge in [-0.05, 0) is 36.8 Å². The number of anilines is 1. The number of benzene rings is 2.